The summed E-state index contributed by atoms with van der Waals surface area (Å²) >= 11 is 7.02. The predicted octanol–water partition coefficient (Wildman–Crippen LogP) is 7.98. The number of carbonyl (C=O) groups is 1. The second-order valence-electron chi connectivity index (χ2n) is 8.49. The highest BCUT2D eigenvalue weighted by Crippen LogP contribution is 2.41. The molecule has 174 valence electrons. The normalized spacial score (nSPS) is 14.8. The highest BCUT2D eigenvalue weighted by Gasteiger charge is 2.34. The van der Waals surface area contributed by atoms with Gasteiger partial charge in [-0.05, 0) is 39.9 Å². The summed E-state index contributed by atoms with van der Waals surface area (Å²) in [6.07, 6.45) is 1.92. The molecule has 6 rings (SSSR count). The van der Waals surface area contributed by atoms with E-state index in [4.69, 9.17) is 17.0 Å². The highest BCUT2D eigenvalue weighted by atomic mass is 32.2. The Hall–Kier alpha value is -3.93. The Morgan fingerprint density at radius 3 is 2.22 bits per heavy atom. The van der Waals surface area contributed by atoms with Crippen LogP contribution in [-0.4, -0.2) is 10.2 Å². The van der Waals surface area contributed by atoms with Gasteiger partial charge in [-0.3, -0.25) is 9.69 Å². The number of rotatable bonds is 5. The third-order valence-electron chi connectivity index (χ3n) is 6.24. The summed E-state index contributed by atoms with van der Waals surface area (Å²) in [7, 11) is 0. The number of thioether (sulfide) groups is 1. The minimum Gasteiger partial charge on any atom is -0.488 e. The van der Waals surface area contributed by atoms with Crippen molar-refractivity contribution in [2.24, 2.45) is 0 Å². The second kappa shape index (κ2) is 9.61. The van der Waals surface area contributed by atoms with E-state index in [1.807, 2.05) is 103 Å². The third-order valence-corrected chi connectivity index (χ3v) is 7.55. The van der Waals surface area contributed by atoms with E-state index in [0.29, 0.717) is 15.8 Å². The van der Waals surface area contributed by atoms with E-state index in [9.17, 15) is 4.79 Å². The third kappa shape index (κ3) is 4.17. The van der Waals surface area contributed by atoms with Crippen molar-refractivity contribution in [1.82, 2.24) is 0 Å². The lowest BCUT2D eigenvalue weighted by molar-refractivity contribution is -0.113. The molecule has 0 aromatic heterocycles. The fourth-order valence-corrected chi connectivity index (χ4v) is 5.76. The Morgan fingerprint density at radius 1 is 0.750 bits per heavy atom. The number of ether oxygens (including phenoxy) is 1. The lowest BCUT2D eigenvalue weighted by atomic mass is 10.0. The summed E-state index contributed by atoms with van der Waals surface area (Å²) in [6.45, 7) is 0.441. The van der Waals surface area contributed by atoms with Crippen LogP contribution in [-0.2, 0) is 11.4 Å². The number of carbonyl (C=O) groups excluding carboxylic acids is 1. The molecule has 1 heterocycles. The van der Waals surface area contributed by atoms with E-state index in [-0.39, 0.29) is 5.91 Å². The number of benzene rings is 5. The topological polar surface area (TPSA) is 29.5 Å². The summed E-state index contributed by atoms with van der Waals surface area (Å²) in [5, 5.41) is 4.17. The molecule has 0 bridgehead atoms. The van der Waals surface area contributed by atoms with Gasteiger partial charge in [-0.25, -0.2) is 0 Å². The monoisotopic (exact) mass is 503 g/mol. The molecular formula is C31H21NO2S2. The summed E-state index contributed by atoms with van der Waals surface area (Å²) in [4.78, 5) is 15.9. The van der Waals surface area contributed by atoms with Crippen LogP contribution in [0.4, 0.5) is 5.69 Å². The van der Waals surface area contributed by atoms with Crippen molar-refractivity contribution in [3.05, 3.63) is 125 Å². The van der Waals surface area contributed by atoms with Gasteiger partial charge in [-0.2, -0.15) is 0 Å². The molecule has 0 spiro atoms. The molecule has 0 atom stereocenters. The fourth-order valence-electron chi connectivity index (χ4n) is 4.50. The molecule has 5 aromatic rings. The van der Waals surface area contributed by atoms with Crippen molar-refractivity contribution in [2.75, 3.05) is 4.90 Å². The average molecular weight is 504 g/mol. The molecule has 1 aliphatic rings. The van der Waals surface area contributed by atoms with Crippen molar-refractivity contribution in [3.8, 4) is 5.75 Å². The molecule has 3 nitrogen and oxygen atoms in total. The van der Waals surface area contributed by atoms with Gasteiger partial charge in [0.05, 0.1) is 10.6 Å². The minimum absolute atomic E-state index is 0.122. The molecular weight excluding hydrogens is 482 g/mol. The highest BCUT2D eigenvalue weighted by molar-refractivity contribution is 8.27. The Morgan fingerprint density at radius 2 is 1.42 bits per heavy atom. The lowest BCUT2D eigenvalue weighted by Crippen LogP contribution is -2.27. The molecule has 36 heavy (non-hydrogen) atoms. The quantitative estimate of drug-likeness (QED) is 0.180. The molecule has 1 amide bonds. The predicted molar refractivity (Wildman–Crippen MR) is 154 cm³/mol. The molecule has 0 aliphatic carbocycles. The SMILES string of the molecule is O=C1/C(=C/c2c(OCc3ccccc3)ccc3ccccc23)SC(=S)N1c1cccc2ccccc12. The van der Waals surface area contributed by atoms with Crippen LogP contribution in [0.25, 0.3) is 27.6 Å². The maximum absolute atomic E-state index is 13.7. The molecule has 0 N–H and O–H groups in total. The van der Waals surface area contributed by atoms with Crippen molar-refractivity contribution in [3.63, 3.8) is 0 Å². The van der Waals surface area contributed by atoms with Crippen molar-refractivity contribution in [1.29, 1.82) is 0 Å². The summed E-state index contributed by atoms with van der Waals surface area (Å²) in [5.74, 6) is 0.608. The summed E-state index contributed by atoms with van der Waals surface area (Å²) in [5.41, 5.74) is 2.76. The maximum atomic E-state index is 13.7. The van der Waals surface area contributed by atoms with Crippen molar-refractivity contribution < 1.29 is 9.53 Å². The van der Waals surface area contributed by atoms with Gasteiger partial charge in [0.25, 0.3) is 5.91 Å². The van der Waals surface area contributed by atoms with Crippen LogP contribution >= 0.6 is 24.0 Å². The van der Waals surface area contributed by atoms with Gasteiger partial charge in [-0.15, -0.1) is 0 Å². The Bertz CT molecular complexity index is 1650. The van der Waals surface area contributed by atoms with Crippen LogP contribution in [0.15, 0.2) is 114 Å². The smallest absolute Gasteiger partial charge is 0.270 e. The largest absolute Gasteiger partial charge is 0.488 e. The van der Waals surface area contributed by atoms with Gasteiger partial charge >= 0.3 is 0 Å². The fraction of sp³-hybridized carbons (Fsp3) is 0.0323. The van der Waals surface area contributed by atoms with Gasteiger partial charge < -0.3 is 4.74 Å². The van der Waals surface area contributed by atoms with Gasteiger partial charge in [0.1, 0.15) is 12.4 Å². The summed E-state index contributed by atoms with van der Waals surface area (Å²) < 4.78 is 6.78. The zero-order valence-electron chi connectivity index (χ0n) is 19.3. The molecule has 0 unspecified atom stereocenters. The van der Waals surface area contributed by atoms with Crippen LogP contribution < -0.4 is 9.64 Å². The van der Waals surface area contributed by atoms with Crippen LogP contribution in [0.2, 0.25) is 0 Å². The first-order chi connectivity index (χ1) is 17.7. The first-order valence-electron chi connectivity index (χ1n) is 11.6. The molecule has 1 saturated heterocycles. The van der Waals surface area contributed by atoms with E-state index in [1.165, 1.54) is 11.8 Å². The molecule has 1 fully saturated rings. The van der Waals surface area contributed by atoms with E-state index in [1.54, 1.807) is 4.90 Å². The minimum atomic E-state index is -0.122. The summed E-state index contributed by atoms with van der Waals surface area (Å²) in [6, 6.07) is 36.2. The molecule has 5 aromatic carbocycles. The number of amides is 1. The van der Waals surface area contributed by atoms with Crippen LogP contribution in [0.1, 0.15) is 11.1 Å². The van der Waals surface area contributed by atoms with Gasteiger partial charge in [-0.1, -0.05) is 121 Å². The Kier molecular flexibility index (Phi) is 6.01. The number of fused-ring (bicyclic) bond motifs is 2. The van der Waals surface area contributed by atoms with Crippen LogP contribution in [0.3, 0.4) is 0 Å². The Labute approximate surface area is 219 Å². The number of nitrogens with zero attached hydrogens (tertiary/aromatic N) is 1. The Balaban J connectivity index is 1.41. The van der Waals surface area contributed by atoms with E-state index in [0.717, 1.165) is 44.1 Å². The van der Waals surface area contributed by atoms with Crippen LogP contribution in [0.5, 0.6) is 5.75 Å². The molecule has 0 saturated carbocycles. The standard InChI is InChI=1S/C31H21NO2S2/c33-30-29(36-31(35)32(30)27-16-8-13-22-11-5-7-15-25(22)27)19-26-24-14-6-4-12-23(24)17-18-28(26)34-20-21-9-2-1-3-10-21/h1-19H,20H2/b29-19-. The number of hydrogen-bond acceptors (Lipinski definition) is 4. The number of thiocarbonyl (C=S) groups is 1. The second-order valence-corrected chi connectivity index (χ2v) is 10.2. The van der Waals surface area contributed by atoms with E-state index in [2.05, 4.69) is 12.1 Å². The van der Waals surface area contributed by atoms with E-state index < -0.39 is 0 Å². The van der Waals surface area contributed by atoms with Gasteiger partial charge in [0.15, 0.2) is 4.32 Å². The van der Waals surface area contributed by atoms with Crippen LogP contribution in [0, 0.1) is 0 Å². The number of anilines is 1. The van der Waals surface area contributed by atoms with Crippen molar-refractivity contribution >= 4 is 67.5 Å². The lowest BCUT2D eigenvalue weighted by Gasteiger charge is -2.17. The van der Waals surface area contributed by atoms with Gasteiger partial charge in [0.2, 0.25) is 0 Å². The molecule has 1 aliphatic heterocycles. The first kappa shape index (κ1) is 22.5. The average Bonchev–Trinajstić information content (AvgIpc) is 3.20. The maximum Gasteiger partial charge on any atom is 0.270 e. The molecule has 5 heteroatoms. The van der Waals surface area contributed by atoms with E-state index >= 15 is 0 Å². The first-order valence-corrected chi connectivity index (χ1v) is 12.9. The number of hydrogen-bond donors (Lipinski definition) is 0. The van der Waals surface area contributed by atoms with Crippen molar-refractivity contribution in [2.45, 2.75) is 6.61 Å². The zero-order valence-corrected chi connectivity index (χ0v) is 20.9. The molecule has 0 radical (unpaired) electrons. The zero-order chi connectivity index (χ0) is 24.5. The van der Waals surface area contributed by atoms with Gasteiger partial charge in [0, 0.05) is 10.9 Å².